The van der Waals surface area contributed by atoms with Crippen LogP contribution in [0.1, 0.15) is 43.2 Å². The van der Waals surface area contributed by atoms with Crippen molar-refractivity contribution >= 4 is 0 Å². The van der Waals surface area contributed by atoms with Crippen LogP contribution in [0.2, 0.25) is 0 Å². The fraction of sp³-hybridized carbons (Fsp3) is 0.412. The molecule has 0 N–H and O–H groups in total. The molecule has 1 aromatic carbocycles. The average Bonchev–Trinajstić information content (AvgIpc) is 2.64. The quantitative estimate of drug-likeness (QED) is 0.837. The van der Waals surface area contributed by atoms with Gasteiger partial charge in [0.15, 0.2) is 0 Å². The molecule has 4 heteroatoms. The van der Waals surface area contributed by atoms with Crippen LogP contribution in [0.15, 0.2) is 18.2 Å². The third-order valence-corrected chi connectivity index (χ3v) is 3.43. The van der Waals surface area contributed by atoms with Gasteiger partial charge in [0.25, 0.3) is 0 Å². The predicted molar refractivity (Wildman–Crippen MR) is 82.6 cm³/mol. The highest BCUT2D eigenvalue weighted by Crippen LogP contribution is 2.36. The topological polar surface area (TPSA) is 50.8 Å². The van der Waals surface area contributed by atoms with E-state index in [1.54, 1.807) is 11.7 Å². The molecule has 0 radical (unpaired) electrons. The summed E-state index contributed by atoms with van der Waals surface area (Å²) in [4.78, 5) is 0. The van der Waals surface area contributed by atoms with Crippen molar-refractivity contribution in [2.45, 2.75) is 40.0 Å². The van der Waals surface area contributed by atoms with Crippen molar-refractivity contribution in [2.75, 3.05) is 0 Å². The third-order valence-electron chi connectivity index (χ3n) is 3.43. The molecule has 0 saturated carbocycles. The molecule has 0 bridgehead atoms. The molecule has 0 amide bonds. The molecule has 2 rings (SSSR count). The van der Waals surface area contributed by atoms with E-state index in [-0.39, 0.29) is 5.41 Å². The van der Waals surface area contributed by atoms with Crippen LogP contribution in [0.3, 0.4) is 0 Å². The van der Waals surface area contributed by atoms with Gasteiger partial charge in [0.1, 0.15) is 17.4 Å². The Hall–Kier alpha value is -2.28. The Morgan fingerprint density at radius 3 is 2.48 bits per heavy atom. The molecule has 0 aliphatic rings. The molecule has 0 unspecified atom stereocenters. The van der Waals surface area contributed by atoms with Crippen molar-refractivity contribution in [3.8, 4) is 17.7 Å². The van der Waals surface area contributed by atoms with Gasteiger partial charge in [-0.2, -0.15) is 10.4 Å². The van der Waals surface area contributed by atoms with Crippen LogP contribution in [0.25, 0.3) is 0 Å². The highest BCUT2D eigenvalue weighted by atomic mass is 16.5. The molecule has 0 spiro atoms. The maximum absolute atomic E-state index is 9.28. The average molecular weight is 283 g/mol. The van der Waals surface area contributed by atoms with E-state index in [4.69, 9.17) is 4.74 Å². The van der Waals surface area contributed by atoms with Crippen LogP contribution < -0.4 is 4.74 Å². The summed E-state index contributed by atoms with van der Waals surface area (Å²) in [7, 11) is 1.79. The minimum absolute atomic E-state index is 0.0399. The molecule has 0 fully saturated rings. The number of nitrogens with zero attached hydrogens (tertiary/aromatic N) is 3. The van der Waals surface area contributed by atoms with Gasteiger partial charge in [0, 0.05) is 12.6 Å². The van der Waals surface area contributed by atoms with E-state index in [2.05, 4.69) is 44.9 Å². The first-order valence-electron chi connectivity index (χ1n) is 6.96. The lowest BCUT2D eigenvalue weighted by Crippen LogP contribution is -2.13. The maximum atomic E-state index is 9.28. The first-order valence-corrected chi connectivity index (χ1v) is 6.96. The lowest BCUT2D eigenvalue weighted by Gasteiger charge is -2.23. The van der Waals surface area contributed by atoms with Gasteiger partial charge in [0.05, 0.1) is 5.69 Å². The van der Waals surface area contributed by atoms with Gasteiger partial charge in [-0.1, -0.05) is 38.5 Å². The van der Waals surface area contributed by atoms with Crippen molar-refractivity contribution in [2.24, 2.45) is 7.05 Å². The summed E-state index contributed by atoms with van der Waals surface area (Å²) < 4.78 is 7.65. The molecule has 110 valence electrons. The molecule has 4 nitrogen and oxygen atoms in total. The monoisotopic (exact) mass is 283 g/mol. The molecular weight excluding hydrogens is 262 g/mol. The SMILES string of the molecule is Cc1ccc(Oc2c(C#N)c(C)nn2C)c(C(C)(C)C)c1. The van der Waals surface area contributed by atoms with Gasteiger partial charge in [-0.25, -0.2) is 4.68 Å². The molecule has 0 saturated heterocycles. The summed E-state index contributed by atoms with van der Waals surface area (Å²) in [5.74, 6) is 1.26. The van der Waals surface area contributed by atoms with Crippen molar-refractivity contribution in [1.29, 1.82) is 5.26 Å². The summed E-state index contributed by atoms with van der Waals surface area (Å²) in [6, 6.07) is 8.27. The molecule has 1 heterocycles. The predicted octanol–water partition coefficient (Wildman–Crippen LogP) is 4.00. The number of aryl methyl sites for hydroxylation is 3. The first kappa shape index (κ1) is 15.1. The second kappa shape index (κ2) is 5.25. The fourth-order valence-corrected chi connectivity index (χ4v) is 2.31. The Bertz CT molecular complexity index is 715. The smallest absolute Gasteiger partial charge is 0.235 e. The Balaban J connectivity index is 2.53. The fourth-order valence-electron chi connectivity index (χ4n) is 2.31. The second-order valence-electron chi connectivity index (χ2n) is 6.35. The van der Waals surface area contributed by atoms with Gasteiger partial charge >= 0.3 is 0 Å². The summed E-state index contributed by atoms with van der Waals surface area (Å²) in [5.41, 5.74) is 3.43. The lowest BCUT2D eigenvalue weighted by molar-refractivity contribution is 0.413. The highest BCUT2D eigenvalue weighted by Gasteiger charge is 2.22. The molecule has 0 aliphatic heterocycles. The zero-order chi connectivity index (χ0) is 15.8. The van der Waals surface area contributed by atoms with Gasteiger partial charge in [0.2, 0.25) is 5.88 Å². The minimum atomic E-state index is -0.0399. The zero-order valence-electron chi connectivity index (χ0n) is 13.5. The molecular formula is C17H21N3O. The Kier molecular flexibility index (Phi) is 3.78. The lowest BCUT2D eigenvalue weighted by atomic mass is 9.85. The number of hydrogen-bond donors (Lipinski definition) is 0. The van der Waals surface area contributed by atoms with Gasteiger partial charge in [-0.3, -0.25) is 0 Å². The molecule has 0 atom stereocenters. The molecule has 1 aromatic heterocycles. The van der Waals surface area contributed by atoms with E-state index in [0.29, 0.717) is 17.1 Å². The number of nitriles is 1. The first-order chi connectivity index (χ1) is 9.74. The van der Waals surface area contributed by atoms with Crippen LogP contribution in [0.4, 0.5) is 0 Å². The van der Waals surface area contributed by atoms with Gasteiger partial charge in [-0.05, 0) is 25.3 Å². The standard InChI is InChI=1S/C17H21N3O/c1-11-7-8-15(14(9-11)17(3,4)5)21-16-13(10-18)12(2)19-20(16)6/h7-9H,1-6H3. The van der Waals surface area contributed by atoms with Gasteiger partial charge < -0.3 is 4.74 Å². The van der Waals surface area contributed by atoms with Gasteiger partial charge in [-0.15, -0.1) is 0 Å². The minimum Gasteiger partial charge on any atom is -0.438 e. The van der Waals surface area contributed by atoms with E-state index in [0.717, 1.165) is 11.3 Å². The van der Waals surface area contributed by atoms with E-state index in [9.17, 15) is 5.26 Å². The van der Waals surface area contributed by atoms with Crippen molar-refractivity contribution in [3.63, 3.8) is 0 Å². The van der Waals surface area contributed by atoms with E-state index in [1.807, 2.05) is 19.1 Å². The van der Waals surface area contributed by atoms with Crippen LogP contribution in [0, 0.1) is 25.2 Å². The largest absolute Gasteiger partial charge is 0.438 e. The Morgan fingerprint density at radius 2 is 1.90 bits per heavy atom. The Morgan fingerprint density at radius 1 is 1.24 bits per heavy atom. The van der Waals surface area contributed by atoms with Crippen LogP contribution in [-0.2, 0) is 12.5 Å². The molecule has 21 heavy (non-hydrogen) atoms. The van der Waals surface area contributed by atoms with E-state index < -0.39 is 0 Å². The molecule has 2 aromatic rings. The summed E-state index contributed by atoms with van der Waals surface area (Å²) in [6.07, 6.45) is 0. The maximum Gasteiger partial charge on any atom is 0.235 e. The van der Waals surface area contributed by atoms with E-state index in [1.165, 1.54) is 5.56 Å². The normalized spacial score (nSPS) is 11.3. The number of ether oxygens (including phenoxy) is 1. The number of benzene rings is 1. The van der Waals surface area contributed by atoms with Crippen molar-refractivity contribution in [3.05, 3.63) is 40.6 Å². The highest BCUT2D eigenvalue weighted by molar-refractivity contribution is 5.48. The second-order valence-corrected chi connectivity index (χ2v) is 6.35. The van der Waals surface area contributed by atoms with Crippen LogP contribution in [0.5, 0.6) is 11.6 Å². The summed E-state index contributed by atoms with van der Waals surface area (Å²) in [6.45, 7) is 10.3. The van der Waals surface area contributed by atoms with Crippen LogP contribution >= 0.6 is 0 Å². The van der Waals surface area contributed by atoms with E-state index >= 15 is 0 Å². The zero-order valence-corrected chi connectivity index (χ0v) is 13.5. The number of aromatic nitrogens is 2. The third kappa shape index (κ3) is 2.92. The van der Waals surface area contributed by atoms with Crippen LogP contribution in [-0.4, -0.2) is 9.78 Å². The van der Waals surface area contributed by atoms with Crippen molar-refractivity contribution < 1.29 is 4.74 Å². The Labute approximate surface area is 126 Å². The number of rotatable bonds is 2. The number of hydrogen-bond acceptors (Lipinski definition) is 3. The summed E-state index contributed by atoms with van der Waals surface area (Å²) >= 11 is 0. The molecule has 0 aliphatic carbocycles. The summed E-state index contributed by atoms with van der Waals surface area (Å²) in [5, 5.41) is 13.5. The van der Waals surface area contributed by atoms with Crippen molar-refractivity contribution in [1.82, 2.24) is 9.78 Å².